The van der Waals surface area contributed by atoms with Crippen LogP contribution in [0.3, 0.4) is 0 Å². The number of halogens is 4. The number of nitrogens with one attached hydrogen (secondary N) is 2. The van der Waals surface area contributed by atoms with E-state index in [0.717, 1.165) is 4.57 Å². The zero-order valence-corrected chi connectivity index (χ0v) is 22.1. The Bertz CT molecular complexity index is 1500. The summed E-state index contributed by atoms with van der Waals surface area (Å²) in [5.74, 6) is -0.488. The van der Waals surface area contributed by atoms with Crippen molar-refractivity contribution in [2.24, 2.45) is 0 Å². The maximum absolute atomic E-state index is 14.4. The topological polar surface area (TPSA) is 112 Å². The summed E-state index contributed by atoms with van der Waals surface area (Å²) in [6.45, 7) is 4.74. The third kappa shape index (κ3) is 5.96. The van der Waals surface area contributed by atoms with Gasteiger partial charge in [0.2, 0.25) is 11.7 Å². The third-order valence-electron chi connectivity index (χ3n) is 6.54. The standard InChI is InChI=1S/C26H29F4N7O3/c1-25(2,3)37-12-15(10-32-37)24(38)31-11-22-34-23(35-40-22)21-9-16-18(33-19-7-8-39-13-17(19)27)5-4-6-20(16)36(21)14-26(28,29)30/h4-6,9-10,12,17,19,33H,7-8,11,13-14H2,1-3H3,(H,31,38)/t17-,19?/m1/s1. The average molecular weight is 564 g/mol. The van der Waals surface area contributed by atoms with E-state index in [1.807, 2.05) is 20.8 Å². The molecular weight excluding hydrogens is 534 g/mol. The van der Waals surface area contributed by atoms with Gasteiger partial charge in [0, 0.05) is 23.9 Å². The lowest BCUT2D eigenvalue weighted by atomic mass is 10.1. The highest BCUT2D eigenvalue weighted by molar-refractivity contribution is 5.96. The van der Waals surface area contributed by atoms with Crippen LogP contribution < -0.4 is 10.6 Å². The van der Waals surface area contributed by atoms with E-state index in [-0.39, 0.29) is 41.6 Å². The maximum atomic E-state index is 14.4. The molecule has 1 aromatic carbocycles. The van der Waals surface area contributed by atoms with Crippen molar-refractivity contribution in [2.45, 2.75) is 64.2 Å². The van der Waals surface area contributed by atoms with Crippen molar-refractivity contribution in [3.63, 3.8) is 0 Å². The van der Waals surface area contributed by atoms with Crippen molar-refractivity contribution in [3.05, 3.63) is 48.1 Å². The van der Waals surface area contributed by atoms with Crippen LogP contribution in [0.5, 0.6) is 0 Å². The van der Waals surface area contributed by atoms with Crippen LogP contribution in [-0.4, -0.2) is 62.0 Å². The summed E-state index contributed by atoms with van der Waals surface area (Å²) in [5.41, 5.74) is 0.859. The minimum atomic E-state index is -4.53. The quantitative estimate of drug-likeness (QED) is 0.314. The molecule has 10 nitrogen and oxygen atoms in total. The fourth-order valence-corrected chi connectivity index (χ4v) is 4.51. The van der Waals surface area contributed by atoms with Crippen molar-refractivity contribution >= 4 is 22.5 Å². The molecule has 1 unspecified atom stereocenters. The molecular formula is C26H29F4N7O3. The number of hydrogen-bond donors (Lipinski definition) is 2. The molecule has 2 atom stereocenters. The second kappa shape index (κ2) is 10.6. The number of benzene rings is 1. The Morgan fingerprint density at radius 2 is 2.02 bits per heavy atom. The molecule has 4 aromatic rings. The number of nitrogens with zero attached hydrogens (tertiary/aromatic N) is 5. The first-order chi connectivity index (χ1) is 18.9. The van der Waals surface area contributed by atoms with Crippen LogP contribution in [0.25, 0.3) is 22.4 Å². The van der Waals surface area contributed by atoms with E-state index in [1.165, 1.54) is 12.3 Å². The Balaban J connectivity index is 1.40. The smallest absolute Gasteiger partial charge is 0.379 e. The largest absolute Gasteiger partial charge is 0.406 e. The molecule has 0 radical (unpaired) electrons. The summed E-state index contributed by atoms with van der Waals surface area (Å²) in [6, 6.07) is 5.82. The van der Waals surface area contributed by atoms with E-state index in [2.05, 4.69) is 25.9 Å². The van der Waals surface area contributed by atoms with Gasteiger partial charge in [-0.25, -0.2) is 4.39 Å². The molecule has 1 saturated heterocycles. The van der Waals surface area contributed by atoms with Crippen LogP contribution in [0.2, 0.25) is 0 Å². The molecule has 2 N–H and O–H groups in total. The normalized spacial score (nSPS) is 18.3. The average Bonchev–Trinajstić information content (AvgIpc) is 3.62. The minimum absolute atomic E-state index is 0.0104. The number of aromatic nitrogens is 5. The van der Waals surface area contributed by atoms with Crippen LogP contribution in [0.15, 0.2) is 41.2 Å². The zero-order valence-electron chi connectivity index (χ0n) is 22.1. The maximum Gasteiger partial charge on any atom is 0.406 e. The lowest BCUT2D eigenvalue weighted by Gasteiger charge is -2.28. The number of anilines is 1. The van der Waals surface area contributed by atoms with Crippen LogP contribution in [0, 0.1) is 0 Å². The lowest BCUT2D eigenvalue weighted by Crippen LogP contribution is -2.39. The number of rotatable bonds is 7. The lowest BCUT2D eigenvalue weighted by molar-refractivity contribution is -0.139. The number of ether oxygens (including phenoxy) is 1. The highest BCUT2D eigenvalue weighted by atomic mass is 19.4. The zero-order chi connectivity index (χ0) is 28.7. The van der Waals surface area contributed by atoms with Crippen LogP contribution in [0.1, 0.15) is 43.4 Å². The highest BCUT2D eigenvalue weighted by Crippen LogP contribution is 2.35. The molecule has 0 bridgehead atoms. The number of carbonyl (C=O) groups excluding carboxylic acids is 1. The number of carbonyl (C=O) groups is 1. The highest BCUT2D eigenvalue weighted by Gasteiger charge is 2.32. The summed E-state index contributed by atoms with van der Waals surface area (Å²) in [5, 5.41) is 14.3. The third-order valence-corrected chi connectivity index (χ3v) is 6.54. The van der Waals surface area contributed by atoms with Crippen molar-refractivity contribution < 1.29 is 31.6 Å². The predicted octanol–water partition coefficient (Wildman–Crippen LogP) is 4.67. The van der Waals surface area contributed by atoms with Gasteiger partial charge in [-0.2, -0.15) is 23.3 Å². The van der Waals surface area contributed by atoms with Gasteiger partial charge in [-0.1, -0.05) is 11.2 Å². The van der Waals surface area contributed by atoms with Gasteiger partial charge in [0.25, 0.3) is 5.91 Å². The molecule has 0 aliphatic carbocycles. The van der Waals surface area contributed by atoms with Gasteiger partial charge in [0.15, 0.2) is 0 Å². The Morgan fingerprint density at radius 3 is 2.73 bits per heavy atom. The molecule has 40 heavy (non-hydrogen) atoms. The van der Waals surface area contributed by atoms with Crippen molar-refractivity contribution in [1.29, 1.82) is 0 Å². The van der Waals surface area contributed by atoms with E-state index in [9.17, 15) is 22.4 Å². The first-order valence-electron chi connectivity index (χ1n) is 12.7. The minimum Gasteiger partial charge on any atom is -0.379 e. The summed E-state index contributed by atoms with van der Waals surface area (Å²) < 4.78 is 68.3. The second-order valence-electron chi connectivity index (χ2n) is 10.6. The van der Waals surface area contributed by atoms with Gasteiger partial charge in [-0.05, 0) is 45.4 Å². The molecule has 14 heteroatoms. The molecule has 1 amide bonds. The Hall–Kier alpha value is -3.94. The Kier molecular flexibility index (Phi) is 7.29. The van der Waals surface area contributed by atoms with Crippen molar-refractivity contribution in [2.75, 3.05) is 18.5 Å². The summed E-state index contributed by atoms with van der Waals surface area (Å²) in [6.07, 6.45) is -2.32. The van der Waals surface area contributed by atoms with Crippen LogP contribution in [-0.2, 0) is 23.4 Å². The van der Waals surface area contributed by atoms with Gasteiger partial charge in [0.1, 0.15) is 12.7 Å². The number of hydrogen-bond acceptors (Lipinski definition) is 7. The van der Waals surface area contributed by atoms with E-state index < -0.39 is 30.8 Å². The molecule has 5 rings (SSSR count). The van der Waals surface area contributed by atoms with Crippen molar-refractivity contribution in [1.82, 2.24) is 29.8 Å². The Morgan fingerprint density at radius 1 is 1.23 bits per heavy atom. The van der Waals surface area contributed by atoms with E-state index in [4.69, 9.17) is 9.26 Å². The fourth-order valence-electron chi connectivity index (χ4n) is 4.51. The van der Waals surface area contributed by atoms with Gasteiger partial charge >= 0.3 is 6.18 Å². The second-order valence-corrected chi connectivity index (χ2v) is 10.6. The first-order valence-corrected chi connectivity index (χ1v) is 12.7. The molecule has 0 spiro atoms. The van der Waals surface area contributed by atoms with Crippen molar-refractivity contribution in [3.8, 4) is 11.5 Å². The van der Waals surface area contributed by atoms with E-state index >= 15 is 0 Å². The monoisotopic (exact) mass is 563 g/mol. The molecule has 3 aromatic heterocycles. The van der Waals surface area contributed by atoms with Crippen LogP contribution >= 0.6 is 0 Å². The Labute approximate surface area is 226 Å². The van der Waals surface area contributed by atoms with Gasteiger partial charge < -0.3 is 24.5 Å². The summed E-state index contributed by atoms with van der Waals surface area (Å²) in [4.78, 5) is 16.8. The molecule has 214 valence electrons. The fraction of sp³-hybridized carbons (Fsp3) is 0.462. The van der Waals surface area contributed by atoms with Gasteiger partial charge in [0.05, 0.1) is 47.7 Å². The van der Waals surface area contributed by atoms with E-state index in [0.29, 0.717) is 29.7 Å². The van der Waals surface area contributed by atoms with Gasteiger partial charge in [-0.3, -0.25) is 9.48 Å². The number of amides is 1. The van der Waals surface area contributed by atoms with Gasteiger partial charge in [-0.15, -0.1) is 0 Å². The molecule has 0 saturated carbocycles. The predicted molar refractivity (Wildman–Crippen MR) is 137 cm³/mol. The number of alkyl halides is 4. The number of fused-ring (bicyclic) bond motifs is 1. The van der Waals surface area contributed by atoms with Crippen LogP contribution in [0.4, 0.5) is 23.2 Å². The molecule has 4 heterocycles. The molecule has 1 aliphatic rings. The SMILES string of the molecule is CC(C)(C)n1cc(C(=O)NCc2nc(-c3cc4c(NC5CCOC[C@H]5F)cccc4n3CC(F)(F)F)no2)cn1. The molecule has 1 aliphatic heterocycles. The van der Waals surface area contributed by atoms with E-state index in [1.54, 1.807) is 29.1 Å². The first kappa shape index (κ1) is 27.6. The summed E-state index contributed by atoms with van der Waals surface area (Å²) >= 11 is 0. The molecule has 1 fully saturated rings. The summed E-state index contributed by atoms with van der Waals surface area (Å²) in [7, 11) is 0.